The monoisotopic (exact) mass is 310 g/mol. The number of hydrogen-bond acceptors (Lipinski definition) is 2. The summed E-state index contributed by atoms with van der Waals surface area (Å²) in [6.45, 7) is 2.74. The van der Waals surface area contributed by atoms with E-state index in [4.69, 9.17) is 12.2 Å². The summed E-state index contributed by atoms with van der Waals surface area (Å²) in [5, 5.41) is 7.09. The Morgan fingerprint density at radius 2 is 1.86 bits per heavy atom. The van der Waals surface area contributed by atoms with E-state index in [9.17, 15) is 0 Å². The van der Waals surface area contributed by atoms with Gasteiger partial charge in [-0.25, -0.2) is 4.98 Å². The third-order valence-electron chi connectivity index (χ3n) is 3.46. The highest BCUT2D eigenvalue weighted by Gasteiger charge is 2.11. The number of thiocarbonyl (C=S) groups is 1. The largest absolute Gasteiger partial charge is 0.359 e. The fourth-order valence-corrected chi connectivity index (χ4v) is 2.52. The van der Waals surface area contributed by atoms with Gasteiger partial charge in [0.15, 0.2) is 5.11 Å². The zero-order chi connectivity index (χ0) is 15.4. The quantitative estimate of drug-likeness (QED) is 0.647. The number of benzene rings is 2. The lowest BCUT2D eigenvalue weighted by Gasteiger charge is -2.15. The van der Waals surface area contributed by atoms with E-state index in [1.807, 2.05) is 49.4 Å². The van der Waals surface area contributed by atoms with Crippen LogP contribution in [0.1, 0.15) is 24.4 Å². The zero-order valence-corrected chi connectivity index (χ0v) is 13.2. The molecule has 1 atom stereocenters. The lowest BCUT2D eigenvalue weighted by molar-refractivity contribution is 0.662. The molecule has 4 nitrogen and oxygen atoms in total. The Morgan fingerprint density at radius 3 is 2.64 bits per heavy atom. The smallest absolute Gasteiger partial charge is 0.167 e. The van der Waals surface area contributed by atoms with E-state index >= 15 is 0 Å². The predicted molar refractivity (Wildman–Crippen MR) is 93.5 cm³/mol. The molecular weight excluding hydrogens is 292 g/mol. The van der Waals surface area contributed by atoms with Crippen molar-refractivity contribution in [3.05, 3.63) is 66.0 Å². The van der Waals surface area contributed by atoms with Crippen molar-refractivity contribution in [2.45, 2.75) is 19.5 Å². The van der Waals surface area contributed by atoms with Crippen LogP contribution in [0.15, 0.2) is 54.6 Å². The van der Waals surface area contributed by atoms with Crippen LogP contribution in [0.3, 0.4) is 0 Å². The standard InChI is InChI=1S/C17H18N4S/c1-12(16-20-14-9-5-6-10-15(14)21-16)19-17(22)18-11-13-7-3-2-4-8-13/h2-10,12H,11H2,1H3,(H,20,21)(H2,18,19,22)/t12-/m1/s1. The lowest BCUT2D eigenvalue weighted by Crippen LogP contribution is -2.36. The van der Waals surface area contributed by atoms with Gasteiger partial charge in [0, 0.05) is 6.54 Å². The molecule has 3 aromatic rings. The van der Waals surface area contributed by atoms with Gasteiger partial charge < -0.3 is 15.6 Å². The van der Waals surface area contributed by atoms with E-state index in [0.717, 1.165) is 16.9 Å². The number of aromatic amines is 1. The maximum absolute atomic E-state index is 5.35. The number of para-hydroxylation sites is 2. The topological polar surface area (TPSA) is 52.7 Å². The van der Waals surface area contributed by atoms with E-state index < -0.39 is 0 Å². The predicted octanol–water partition coefficient (Wildman–Crippen LogP) is 3.29. The summed E-state index contributed by atoms with van der Waals surface area (Å²) in [4.78, 5) is 7.89. The first-order valence-electron chi connectivity index (χ1n) is 7.25. The molecule has 1 aromatic heterocycles. The van der Waals surface area contributed by atoms with Crippen LogP contribution < -0.4 is 10.6 Å². The summed E-state index contributed by atoms with van der Waals surface area (Å²) in [5.41, 5.74) is 3.20. The molecule has 5 heteroatoms. The minimum absolute atomic E-state index is 0.0168. The summed E-state index contributed by atoms with van der Waals surface area (Å²) < 4.78 is 0. The third-order valence-corrected chi connectivity index (χ3v) is 3.72. The number of imidazole rings is 1. The first-order chi connectivity index (χ1) is 10.7. The highest BCUT2D eigenvalue weighted by atomic mass is 32.1. The molecule has 0 aliphatic rings. The van der Waals surface area contributed by atoms with Crippen LogP contribution in [0.5, 0.6) is 0 Å². The number of nitrogens with zero attached hydrogens (tertiary/aromatic N) is 1. The third kappa shape index (κ3) is 3.43. The number of aromatic nitrogens is 2. The van der Waals surface area contributed by atoms with Crippen LogP contribution in [-0.4, -0.2) is 15.1 Å². The molecule has 0 saturated heterocycles. The van der Waals surface area contributed by atoms with E-state index in [1.165, 1.54) is 5.56 Å². The van der Waals surface area contributed by atoms with Crippen LogP contribution in [-0.2, 0) is 6.54 Å². The Kier molecular flexibility index (Phi) is 4.34. The van der Waals surface area contributed by atoms with Crippen molar-refractivity contribution in [1.82, 2.24) is 20.6 Å². The molecule has 22 heavy (non-hydrogen) atoms. The molecule has 0 spiro atoms. The lowest BCUT2D eigenvalue weighted by atomic mass is 10.2. The highest BCUT2D eigenvalue weighted by Crippen LogP contribution is 2.15. The van der Waals surface area contributed by atoms with Gasteiger partial charge in [0.05, 0.1) is 17.1 Å². The Labute approximate surface area is 135 Å². The Hall–Kier alpha value is -2.40. The SMILES string of the molecule is C[C@@H](NC(=S)NCc1ccccc1)c1nc2ccccc2[nH]1. The first-order valence-corrected chi connectivity index (χ1v) is 7.66. The zero-order valence-electron chi connectivity index (χ0n) is 12.3. The average Bonchev–Trinajstić information content (AvgIpc) is 2.98. The molecule has 0 aliphatic carbocycles. The molecule has 2 aromatic carbocycles. The summed E-state index contributed by atoms with van der Waals surface area (Å²) in [7, 11) is 0. The van der Waals surface area contributed by atoms with Crippen molar-refractivity contribution in [2.75, 3.05) is 0 Å². The van der Waals surface area contributed by atoms with Crippen molar-refractivity contribution < 1.29 is 0 Å². The number of hydrogen-bond donors (Lipinski definition) is 3. The van der Waals surface area contributed by atoms with Gasteiger partial charge in [-0.1, -0.05) is 42.5 Å². The number of fused-ring (bicyclic) bond motifs is 1. The summed E-state index contributed by atoms with van der Waals surface area (Å²) in [6.07, 6.45) is 0. The van der Waals surface area contributed by atoms with Gasteiger partial charge in [0.1, 0.15) is 5.82 Å². The molecule has 0 unspecified atom stereocenters. The van der Waals surface area contributed by atoms with Gasteiger partial charge in [-0.15, -0.1) is 0 Å². The summed E-state index contributed by atoms with van der Waals surface area (Å²) in [5.74, 6) is 0.880. The van der Waals surface area contributed by atoms with Gasteiger partial charge in [-0.05, 0) is 36.8 Å². The Morgan fingerprint density at radius 1 is 1.14 bits per heavy atom. The molecule has 3 rings (SSSR count). The van der Waals surface area contributed by atoms with Crippen LogP contribution in [0.2, 0.25) is 0 Å². The second-order valence-electron chi connectivity index (χ2n) is 5.17. The van der Waals surface area contributed by atoms with Gasteiger partial charge in [-0.2, -0.15) is 0 Å². The molecule has 0 aliphatic heterocycles. The number of nitrogens with one attached hydrogen (secondary N) is 3. The second-order valence-corrected chi connectivity index (χ2v) is 5.58. The summed E-state index contributed by atoms with van der Waals surface area (Å²) in [6, 6.07) is 18.2. The van der Waals surface area contributed by atoms with Gasteiger partial charge >= 0.3 is 0 Å². The molecule has 0 fully saturated rings. The molecule has 0 bridgehead atoms. The number of H-pyrrole nitrogens is 1. The van der Waals surface area contributed by atoms with Crippen molar-refractivity contribution in [1.29, 1.82) is 0 Å². The molecule has 1 heterocycles. The van der Waals surface area contributed by atoms with Crippen LogP contribution in [0.4, 0.5) is 0 Å². The summed E-state index contributed by atoms with van der Waals surface area (Å²) >= 11 is 5.35. The maximum atomic E-state index is 5.35. The van der Waals surface area contributed by atoms with E-state index in [0.29, 0.717) is 11.7 Å². The molecular formula is C17H18N4S. The first kappa shape index (κ1) is 14.5. The molecule has 0 saturated carbocycles. The molecule has 112 valence electrons. The van der Waals surface area contributed by atoms with Gasteiger partial charge in [-0.3, -0.25) is 0 Å². The average molecular weight is 310 g/mol. The highest BCUT2D eigenvalue weighted by molar-refractivity contribution is 7.80. The van der Waals surface area contributed by atoms with Gasteiger partial charge in [0.25, 0.3) is 0 Å². The Bertz CT molecular complexity index is 733. The minimum atomic E-state index is 0.0168. The van der Waals surface area contributed by atoms with E-state index in [2.05, 4.69) is 32.7 Å². The second kappa shape index (κ2) is 6.58. The Balaban J connectivity index is 1.58. The minimum Gasteiger partial charge on any atom is -0.359 e. The van der Waals surface area contributed by atoms with E-state index in [1.54, 1.807) is 0 Å². The van der Waals surface area contributed by atoms with Crippen molar-refractivity contribution in [3.8, 4) is 0 Å². The van der Waals surface area contributed by atoms with E-state index in [-0.39, 0.29) is 6.04 Å². The normalized spacial score (nSPS) is 12.0. The van der Waals surface area contributed by atoms with Crippen LogP contribution in [0.25, 0.3) is 11.0 Å². The molecule has 3 N–H and O–H groups in total. The number of rotatable bonds is 4. The fourth-order valence-electron chi connectivity index (χ4n) is 2.27. The van der Waals surface area contributed by atoms with Crippen LogP contribution in [0, 0.1) is 0 Å². The van der Waals surface area contributed by atoms with Crippen molar-refractivity contribution >= 4 is 28.4 Å². The molecule has 0 amide bonds. The van der Waals surface area contributed by atoms with Crippen molar-refractivity contribution in [3.63, 3.8) is 0 Å². The maximum Gasteiger partial charge on any atom is 0.167 e. The molecule has 0 radical (unpaired) electrons. The van der Waals surface area contributed by atoms with Crippen LogP contribution >= 0.6 is 12.2 Å². The fraction of sp³-hybridized carbons (Fsp3) is 0.176. The van der Waals surface area contributed by atoms with Crippen molar-refractivity contribution in [2.24, 2.45) is 0 Å². The van der Waals surface area contributed by atoms with Gasteiger partial charge in [0.2, 0.25) is 0 Å².